The molecular weight excluding hydrogens is 283 g/mol. The van der Waals surface area contributed by atoms with E-state index in [0.29, 0.717) is 18.0 Å². The molecule has 2 heterocycles. The number of hydrogen-bond acceptors (Lipinski definition) is 2. The normalized spacial score (nSPS) is 20.5. The van der Waals surface area contributed by atoms with Crippen molar-refractivity contribution in [3.63, 3.8) is 0 Å². The zero-order valence-corrected chi connectivity index (χ0v) is 11.6. The second-order valence-corrected chi connectivity index (χ2v) is 5.69. The van der Waals surface area contributed by atoms with Gasteiger partial charge in [-0.2, -0.15) is 13.2 Å². The number of alkyl halides is 3. The first-order chi connectivity index (χ1) is 9.84. The number of halogens is 3. The Balaban J connectivity index is 1.96. The molecule has 0 saturated carbocycles. The van der Waals surface area contributed by atoms with E-state index < -0.39 is 11.7 Å². The van der Waals surface area contributed by atoms with Crippen LogP contribution >= 0.6 is 0 Å². The van der Waals surface area contributed by atoms with Gasteiger partial charge in [-0.1, -0.05) is 0 Å². The maximum Gasteiger partial charge on any atom is 0.416 e. The number of hydrogen-bond donors (Lipinski definition) is 1. The Morgan fingerprint density at radius 3 is 2.76 bits per heavy atom. The summed E-state index contributed by atoms with van der Waals surface area (Å²) in [6, 6.07) is 3.38. The summed E-state index contributed by atoms with van der Waals surface area (Å²) in [7, 11) is 2.02. The van der Waals surface area contributed by atoms with E-state index in [2.05, 4.69) is 9.88 Å². The topological polar surface area (TPSA) is 41.0 Å². The van der Waals surface area contributed by atoms with Crippen LogP contribution in [0.5, 0.6) is 0 Å². The maximum atomic E-state index is 12.7. The minimum absolute atomic E-state index is 0.237. The van der Waals surface area contributed by atoms with E-state index in [1.807, 2.05) is 7.05 Å². The Morgan fingerprint density at radius 2 is 2.14 bits per heavy atom. The van der Waals surface area contributed by atoms with Gasteiger partial charge >= 0.3 is 11.9 Å². The Bertz CT molecular complexity index is 716. The number of fused-ring (bicyclic) bond motifs is 1. The van der Waals surface area contributed by atoms with Crippen LogP contribution in [0.25, 0.3) is 11.0 Å². The predicted octanol–water partition coefficient (Wildman–Crippen LogP) is 2.30. The maximum absolute atomic E-state index is 12.7. The van der Waals surface area contributed by atoms with E-state index in [9.17, 15) is 18.0 Å². The van der Waals surface area contributed by atoms with E-state index >= 15 is 0 Å². The van der Waals surface area contributed by atoms with Crippen LogP contribution in [-0.2, 0) is 12.7 Å². The molecule has 1 unspecified atom stereocenters. The third kappa shape index (κ3) is 2.70. The van der Waals surface area contributed by atoms with E-state index in [1.165, 1.54) is 6.07 Å². The van der Waals surface area contributed by atoms with Gasteiger partial charge in [-0.15, -0.1) is 0 Å². The molecule has 3 rings (SSSR count). The van der Waals surface area contributed by atoms with Gasteiger partial charge in [0, 0.05) is 13.1 Å². The SMILES string of the molecule is CN1CCC(Cn2c(=O)[nH]c3cc(C(F)(F)F)ccc32)C1. The molecule has 2 aromatic rings. The Labute approximate surface area is 119 Å². The fourth-order valence-electron chi connectivity index (χ4n) is 2.95. The molecule has 1 aromatic heterocycles. The van der Waals surface area contributed by atoms with Crippen molar-refractivity contribution < 1.29 is 13.2 Å². The standard InChI is InChI=1S/C14H16F3N3O/c1-19-5-4-9(7-19)8-20-12-3-2-10(14(15,16)17)6-11(12)18-13(20)21/h2-3,6,9H,4-5,7-8H2,1H3,(H,18,21). The van der Waals surface area contributed by atoms with Crippen LogP contribution in [0.2, 0.25) is 0 Å². The molecule has 114 valence electrons. The smallest absolute Gasteiger partial charge is 0.306 e. The third-order valence-electron chi connectivity index (χ3n) is 4.03. The molecular formula is C14H16F3N3O. The van der Waals surface area contributed by atoms with Crippen molar-refractivity contribution in [2.75, 3.05) is 20.1 Å². The molecule has 7 heteroatoms. The predicted molar refractivity (Wildman–Crippen MR) is 73.2 cm³/mol. The molecule has 1 aliphatic heterocycles. The number of nitrogens with zero attached hydrogens (tertiary/aromatic N) is 2. The quantitative estimate of drug-likeness (QED) is 0.924. The van der Waals surface area contributed by atoms with Crippen molar-refractivity contribution in [3.05, 3.63) is 34.2 Å². The highest BCUT2D eigenvalue weighted by Crippen LogP contribution is 2.31. The van der Waals surface area contributed by atoms with Gasteiger partial charge in [0.05, 0.1) is 16.6 Å². The Hall–Kier alpha value is -1.76. The minimum Gasteiger partial charge on any atom is -0.306 e. The molecule has 21 heavy (non-hydrogen) atoms. The summed E-state index contributed by atoms with van der Waals surface area (Å²) in [5.74, 6) is 0.356. The van der Waals surface area contributed by atoms with Crippen molar-refractivity contribution in [2.45, 2.75) is 19.1 Å². The lowest BCUT2D eigenvalue weighted by Gasteiger charge is -2.11. The Morgan fingerprint density at radius 1 is 1.38 bits per heavy atom. The van der Waals surface area contributed by atoms with Crippen molar-refractivity contribution >= 4 is 11.0 Å². The average molecular weight is 299 g/mol. The molecule has 0 aliphatic carbocycles. The number of nitrogens with one attached hydrogen (secondary N) is 1. The number of rotatable bonds is 2. The first kappa shape index (κ1) is 14.2. The highest BCUT2D eigenvalue weighted by Gasteiger charge is 2.31. The van der Waals surface area contributed by atoms with Crippen molar-refractivity contribution in [3.8, 4) is 0 Å². The lowest BCUT2D eigenvalue weighted by Crippen LogP contribution is -2.23. The van der Waals surface area contributed by atoms with Crippen LogP contribution in [0.1, 0.15) is 12.0 Å². The van der Waals surface area contributed by atoms with E-state index in [0.717, 1.165) is 31.6 Å². The molecule has 1 N–H and O–H groups in total. The monoisotopic (exact) mass is 299 g/mol. The lowest BCUT2D eigenvalue weighted by atomic mass is 10.1. The number of H-pyrrole nitrogens is 1. The first-order valence-corrected chi connectivity index (χ1v) is 6.83. The van der Waals surface area contributed by atoms with Gasteiger partial charge in [0.2, 0.25) is 0 Å². The van der Waals surface area contributed by atoms with Crippen LogP contribution in [0, 0.1) is 5.92 Å². The fraction of sp³-hybridized carbons (Fsp3) is 0.500. The van der Waals surface area contributed by atoms with Crippen LogP contribution in [0.4, 0.5) is 13.2 Å². The minimum atomic E-state index is -4.40. The zero-order valence-electron chi connectivity index (χ0n) is 11.6. The van der Waals surface area contributed by atoms with E-state index in [1.54, 1.807) is 4.57 Å². The summed E-state index contributed by atoms with van der Waals surface area (Å²) in [5.41, 5.74) is -0.327. The van der Waals surface area contributed by atoms with E-state index in [4.69, 9.17) is 0 Å². The molecule has 1 fully saturated rings. The Kier molecular flexibility index (Phi) is 3.32. The highest BCUT2D eigenvalue weighted by atomic mass is 19.4. The molecule has 0 radical (unpaired) electrons. The van der Waals surface area contributed by atoms with Gasteiger partial charge < -0.3 is 9.88 Å². The summed E-state index contributed by atoms with van der Waals surface area (Å²) in [4.78, 5) is 16.7. The number of aromatic nitrogens is 2. The van der Waals surface area contributed by atoms with Gasteiger partial charge in [0.1, 0.15) is 0 Å². The van der Waals surface area contributed by atoms with Crippen LogP contribution < -0.4 is 5.69 Å². The van der Waals surface area contributed by atoms with Gasteiger partial charge in [-0.25, -0.2) is 4.79 Å². The van der Waals surface area contributed by atoms with Gasteiger partial charge in [0.25, 0.3) is 0 Å². The molecule has 1 aliphatic rings. The van der Waals surface area contributed by atoms with Crippen LogP contribution in [0.3, 0.4) is 0 Å². The first-order valence-electron chi connectivity index (χ1n) is 6.83. The molecule has 0 bridgehead atoms. The summed E-state index contributed by atoms with van der Waals surface area (Å²) in [6.45, 7) is 2.42. The second-order valence-electron chi connectivity index (χ2n) is 5.69. The number of benzene rings is 1. The highest BCUT2D eigenvalue weighted by molar-refractivity contribution is 5.76. The van der Waals surface area contributed by atoms with Gasteiger partial charge in [0.15, 0.2) is 0 Å². The number of aromatic amines is 1. The second kappa shape index (κ2) is 4.91. The third-order valence-corrected chi connectivity index (χ3v) is 4.03. The number of likely N-dealkylation sites (tertiary alicyclic amines) is 1. The molecule has 0 spiro atoms. The molecule has 1 saturated heterocycles. The average Bonchev–Trinajstić information content (AvgIpc) is 2.93. The summed E-state index contributed by atoms with van der Waals surface area (Å²) < 4.78 is 39.6. The van der Waals surface area contributed by atoms with E-state index in [-0.39, 0.29) is 11.2 Å². The van der Waals surface area contributed by atoms with Crippen LogP contribution in [-0.4, -0.2) is 34.6 Å². The zero-order chi connectivity index (χ0) is 15.2. The molecule has 4 nitrogen and oxygen atoms in total. The van der Waals surface area contributed by atoms with Gasteiger partial charge in [-0.3, -0.25) is 4.57 Å². The lowest BCUT2D eigenvalue weighted by molar-refractivity contribution is -0.137. The molecule has 0 amide bonds. The summed E-state index contributed by atoms with van der Waals surface area (Å²) >= 11 is 0. The largest absolute Gasteiger partial charge is 0.416 e. The van der Waals surface area contributed by atoms with Gasteiger partial charge in [-0.05, 0) is 44.1 Å². The van der Waals surface area contributed by atoms with Crippen LogP contribution in [0.15, 0.2) is 23.0 Å². The van der Waals surface area contributed by atoms with Crippen molar-refractivity contribution in [1.82, 2.24) is 14.5 Å². The number of imidazole rings is 1. The van der Waals surface area contributed by atoms with Crippen molar-refractivity contribution in [1.29, 1.82) is 0 Å². The molecule has 1 aromatic carbocycles. The fourth-order valence-corrected chi connectivity index (χ4v) is 2.95. The summed E-state index contributed by atoms with van der Waals surface area (Å²) in [5, 5.41) is 0. The van der Waals surface area contributed by atoms with Crippen molar-refractivity contribution in [2.24, 2.45) is 5.92 Å². The molecule has 1 atom stereocenters. The summed E-state index contributed by atoms with van der Waals surface area (Å²) in [6.07, 6.45) is -3.41.